The Labute approximate surface area is 103 Å². The SMILES string of the molecule is CCOC(=O)C(C)N1CCN(S(C)(=O)=O)CC1. The zero-order valence-corrected chi connectivity index (χ0v) is 11.4. The minimum absolute atomic E-state index is 0.250. The second-order valence-corrected chi connectivity index (χ2v) is 6.11. The zero-order chi connectivity index (χ0) is 13.1. The van der Waals surface area contributed by atoms with Crippen LogP contribution < -0.4 is 0 Å². The van der Waals surface area contributed by atoms with E-state index < -0.39 is 10.0 Å². The van der Waals surface area contributed by atoms with Gasteiger partial charge in [-0.25, -0.2) is 8.42 Å². The highest BCUT2D eigenvalue weighted by Crippen LogP contribution is 2.10. The summed E-state index contributed by atoms with van der Waals surface area (Å²) in [6.07, 6.45) is 1.21. The molecule has 1 unspecified atom stereocenters. The van der Waals surface area contributed by atoms with Gasteiger partial charge in [-0.1, -0.05) is 0 Å². The Hall–Kier alpha value is -0.660. The number of nitrogens with zero attached hydrogens (tertiary/aromatic N) is 2. The number of ether oxygens (including phenoxy) is 1. The largest absolute Gasteiger partial charge is 0.465 e. The maximum Gasteiger partial charge on any atom is 0.323 e. The van der Waals surface area contributed by atoms with E-state index in [2.05, 4.69) is 0 Å². The molecular weight excluding hydrogens is 244 g/mol. The minimum Gasteiger partial charge on any atom is -0.465 e. The van der Waals surface area contributed by atoms with Crippen LogP contribution in [0.2, 0.25) is 0 Å². The van der Waals surface area contributed by atoms with Crippen LogP contribution in [0.25, 0.3) is 0 Å². The summed E-state index contributed by atoms with van der Waals surface area (Å²) in [5.74, 6) is -0.250. The molecule has 1 aliphatic rings. The molecule has 0 aromatic rings. The summed E-state index contributed by atoms with van der Waals surface area (Å²) < 4.78 is 29.0. The molecule has 1 rings (SSSR count). The van der Waals surface area contributed by atoms with Gasteiger partial charge in [0.1, 0.15) is 6.04 Å². The second-order valence-electron chi connectivity index (χ2n) is 4.13. The smallest absolute Gasteiger partial charge is 0.323 e. The highest BCUT2D eigenvalue weighted by molar-refractivity contribution is 7.88. The maximum absolute atomic E-state index is 11.5. The first kappa shape index (κ1) is 14.4. The third-order valence-electron chi connectivity index (χ3n) is 2.92. The summed E-state index contributed by atoms with van der Waals surface area (Å²) in [4.78, 5) is 13.5. The molecule has 1 aliphatic heterocycles. The van der Waals surface area contributed by atoms with E-state index in [1.807, 2.05) is 4.90 Å². The van der Waals surface area contributed by atoms with E-state index in [4.69, 9.17) is 4.74 Å². The molecule has 1 heterocycles. The van der Waals surface area contributed by atoms with Gasteiger partial charge >= 0.3 is 5.97 Å². The van der Waals surface area contributed by atoms with Crippen molar-refractivity contribution in [1.82, 2.24) is 9.21 Å². The molecule has 0 aromatic heterocycles. The lowest BCUT2D eigenvalue weighted by Crippen LogP contribution is -2.53. The lowest BCUT2D eigenvalue weighted by Gasteiger charge is -2.35. The Bertz CT molecular complexity index is 361. The zero-order valence-electron chi connectivity index (χ0n) is 10.5. The van der Waals surface area contributed by atoms with Gasteiger partial charge in [0.15, 0.2) is 0 Å². The molecule has 0 bridgehead atoms. The van der Waals surface area contributed by atoms with Crippen molar-refractivity contribution in [3.8, 4) is 0 Å². The third-order valence-corrected chi connectivity index (χ3v) is 4.22. The monoisotopic (exact) mass is 264 g/mol. The number of esters is 1. The van der Waals surface area contributed by atoms with E-state index in [-0.39, 0.29) is 12.0 Å². The van der Waals surface area contributed by atoms with Crippen LogP contribution in [0.5, 0.6) is 0 Å². The van der Waals surface area contributed by atoms with Gasteiger partial charge in [-0.05, 0) is 13.8 Å². The Morgan fingerprint density at radius 3 is 2.24 bits per heavy atom. The number of hydrogen-bond donors (Lipinski definition) is 0. The van der Waals surface area contributed by atoms with Gasteiger partial charge < -0.3 is 4.74 Å². The molecule has 1 fully saturated rings. The number of carbonyl (C=O) groups is 1. The molecule has 0 N–H and O–H groups in total. The Balaban J connectivity index is 2.49. The van der Waals surface area contributed by atoms with Gasteiger partial charge in [0.2, 0.25) is 10.0 Å². The first-order valence-corrected chi connectivity index (χ1v) is 7.57. The second kappa shape index (κ2) is 5.79. The molecule has 100 valence electrons. The fraction of sp³-hybridized carbons (Fsp3) is 0.900. The number of hydrogen-bond acceptors (Lipinski definition) is 5. The van der Waals surface area contributed by atoms with E-state index in [0.29, 0.717) is 32.8 Å². The average Bonchev–Trinajstić information content (AvgIpc) is 2.27. The van der Waals surface area contributed by atoms with Gasteiger partial charge in [-0.15, -0.1) is 0 Å². The highest BCUT2D eigenvalue weighted by atomic mass is 32.2. The van der Waals surface area contributed by atoms with Crippen LogP contribution in [0.1, 0.15) is 13.8 Å². The van der Waals surface area contributed by atoms with Crippen LogP contribution in [0.3, 0.4) is 0 Å². The summed E-state index contributed by atoms with van der Waals surface area (Å²) in [7, 11) is -3.11. The van der Waals surface area contributed by atoms with E-state index in [1.165, 1.54) is 10.6 Å². The van der Waals surface area contributed by atoms with Crippen molar-refractivity contribution in [3.63, 3.8) is 0 Å². The van der Waals surface area contributed by atoms with Crippen molar-refractivity contribution in [2.45, 2.75) is 19.9 Å². The summed E-state index contributed by atoms with van der Waals surface area (Å²) >= 11 is 0. The van der Waals surface area contributed by atoms with Crippen molar-refractivity contribution in [2.75, 3.05) is 39.0 Å². The lowest BCUT2D eigenvalue weighted by atomic mass is 10.2. The van der Waals surface area contributed by atoms with Crippen molar-refractivity contribution in [3.05, 3.63) is 0 Å². The quantitative estimate of drug-likeness (QED) is 0.641. The normalized spacial score (nSPS) is 21.1. The first-order chi connectivity index (χ1) is 7.86. The van der Waals surface area contributed by atoms with Gasteiger partial charge in [-0.3, -0.25) is 9.69 Å². The topological polar surface area (TPSA) is 66.9 Å². The van der Waals surface area contributed by atoms with Gasteiger partial charge in [0.25, 0.3) is 0 Å². The molecule has 0 spiro atoms. The molecule has 0 amide bonds. The van der Waals surface area contributed by atoms with Crippen LogP contribution in [0.4, 0.5) is 0 Å². The predicted molar refractivity (Wildman–Crippen MR) is 64.1 cm³/mol. The molecule has 17 heavy (non-hydrogen) atoms. The molecule has 6 nitrogen and oxygen atoms in total. The first-order valence-electron chi connectivity index (χ1n) is 5.72. The predicted octanol–water partition coefficient (Wildman–Crippen LogP) is -0.485. The van der Waals surface area contributed by atoms with Crippen molar-refractivity contribution in [2.24, 2.45) is 0 Å². The Morgan fingerprint density at radius 1 is 1.29 bits per heavy atom. The number of rotatable bonds is 4. The summed E-state index contributed by atoms with van der Waals surface area (Å²) in [6.45, 7) is 5.91. The Morgan fingerprint density at radius 2 is 1.82 bits per heavy atom. The minimum atomic E-state index is -3.11. The van der Waals surface area contributed by atoms with Gasteiger partial charge in [0, 0.05) is 26.2 Å². The van der Waals surface area contributed by atoms with Crippen LogP contribution >= 0.6 is 0 Å². The standard InChI is InChI=1S/C10H20N2O4S/c1-4-16-10(13)9(2)11-5-7-12(8-6-11)17(3,14)15/h9H,4-8H2,1-3H3. The summed E-state index contributed by atoms with van der Waals surface area (Å²) in [5, 5.41) is 0. The van der Waals surface area contributed by atoms with E-state index in [9.17, 15) is 13.2 Å². The van der Waals surface area contributed by atoms with Crippen LogP contribution in [0.15, 0.2) is 0 Å². The molecule has 0 saturated carbocycles. The van der Waals surface area contributed by atoms with Gasteiger partial charge in [0.05, 0.1) is 12.9 Å². The van der Waals surface area contributed by atoms with Gasteiger partial charge in [-0.2, -0.15) is 4.31 Å². The van der Waals surface area contributed by atoms with Crippen molar-refractivity contribution < 1.29 is 17.9 Å². The van der Waals surface area contributed by atoms with Crippen LogP contribution in [-0.2, 0) is 19.6 Å². The Kier molecular flexibility index (Phi) is 4.91. The van der Waals surface area contributed by atoms with Crippen molar-refractivity contribution in [1.29, 1.82) is 0 Å². The molecule has 0 aliphatic carbocycles. The van der Waals surface area contributed by atoms with Crippen molar-refractivity contribution >= 4 is 16.0 Å². The summed E-state index contributed by atoms with van der Waals surface area (Å²) in [5.41, 5.74) is 0. The fourth-order valence-electron chi connectivity index (χ4n) is 1.83. The van der Waals surface area contributed by atoms with E-state index in [0.717, 1.165) is 0 Å². The fourth-order valence-corrected chi connectivity index (χ4v) is 2.66. The average molecular weight is 264 g/mol. The van der Waals surface area contributed by atoms with Crippen LogP contribution in [-0.4, -0.2) is 68.7 Å². The molecule has 1 atom stereocenters. The molecule has 0 radical (unpaired) electrons. The molecular formula is C10H20N2O4S. The number of sulfonamides is 1. The third kappa shape index (κ3) is 3.93. The molecule has 1 saturated heterocycles. The van der Waals surface area contributed by atoms with E-state index in [1.54, 1.807) is 13.8 Å². The van der Waals surface area contributed by atoms with Crippen LogP contribution in [0, 0.1) is 0 Å². The maximum atomic E-state index is 11.5. The molecule has 7 heteroatoms. The lowest BCUT2D eigenvalue weighted by molar-refractivity contribution is -0.149. The number of carbonyl (C=O) groups excluding carboxylic acids is 1. The number of piperazine rings is 1. The summed E-state index contributed by atoms with van der Waals surface area (Å²) in [6, 6.07) is -0.309. The molecule has 0 aromatic carbocycles. The highest BCUT2D eigenvalue weighted by Gasteiger charge is 2.29. The van der Waals surface area contributed by atoms with E-state index >= 15 is 0 Å².